The van der Waals surface area contributed by atoms with E-state index in [0.29, 0.717) is 35.4 Å². The lowest BCUT2D eigenvalue weighted by Crippen LogP contribution is -2.25. The summed E-state index contributed by atoms with van der Waals surface area (Å²) in [6.45, 7) is 7.67. The van der Waals surface area contributed by atoms with Gasteiger partial charge >= 0.3 is 0 Å². The molecule has 0 unspecified atom stereocenters. The summed E-state index contributed by atoms with van der Waals surface area (Å²) < 4.78 is 1.62. The van der Waals surface area contributed by atoms with Gasteiger partial charge < -0.3 is 10.6 Å². The van der Waals surface area contributed by atoms with Crippen molar-refractivity contribution in [2.45, 2.75) is 26.7 Å². The van der Waals surface area contributed by atoms with Gasteiger partial charge in [-0.2, -0.15) is 10.4 Å². The van der Waals surface area contributed by atoms with Gasteiger partial charge in [0.15, 0.2) is 5.65 Å². The largest absolute Gasteiger partial charge is 0.349 e. The quantitative estimate of drug-likeness (QED) is 0.590. The van der Waals surface area contributed by atoms with Crippen LogP contribution in [0.4, 0.5) is 5.69 Å². The minimum atomic E-state index is -0.279. The van der Waals surface area contributed by atoms with E-state index in [1.54, 1.807) is 34.9 Å². The second-order valence-electron chi connectivity index (χ2n) is 6.76. The molecule has 0 bridgehead atoms. The highest BCUT2D eigenvalue weighted by atomic mass is 16.2. The number of carbonyl (C=O) groups is 2. The third-order valence-corrected chi connectivity index (χ3v) is 4.78. The molecule has 0 saturated heterocycles. The maximum absolute atomic E-state index is 12.6. The lowest BCUT2D eigenvalue weighted by atomic mass is 10.1. The molecular weight excluding hydrogens is 380 g/mol. The second kappa shape index (κ2) is 9.01. The van der Waals surface area contributed by atoms with Crippen LogP contribution in [0, 0.1) is 25.2 Å². The molecule has 0 aliphatic heterocycles. The molecule has 0 radical (unpaired) electrons. The van der Waals surface area contributed by atoms with E-state index in [4.69, 9.17) is 0 Å². The van der Waals surface area contributed by atoms with Crippen molar-refractivity contribution >= 4 is 23.1 Å². The fraction of sp³-hybridized carbons (Fsp3) is 0.227. The highest BCUT2D eigenvalue weighted by Gasteiger charge is 2.16. The number of aryl methyl sites for hydroxylation is 2. The van der Waals surface area contributed by atoms with E-state index in [-0.39, 0.29) is 18.2 Å². The van der Waals surface area contributed by atoms with Crippen molar-refractivity contribution in [1.82, 2.24) is 19.9 Å². The van der Waals surface area contributed by atoms with Crippen LogP contribution >= 0.6 is 0 Å². The van der Waals surface area contributed by atoms with Gasteiger partial charge in [-0.1, -0.05) is 18.2 Å². The number of para-hydroxylation sites is 1. The average Bonchev–Trinajstić information content (AvgIpc) is 3.15. The fourth-order valence-corrected chi connectivity index (χ4v) is 3.25. The molecule has 0 aliphatic rings. The highest BCUT2D eigenvalue weighted by Crippen LogP contribution is 2.19. The number of anilines is 1. The summed E-state index contributed by atoms with van der Waals surface area (Å²) in [7, 11) is 0. The predicted octanol–water partition coefficient (Wildman–Crippen LogP) is 2.70. The molecule has 0 spiro atoms. The number of carbonyl (C=O) groups excluding carboxylic acids is 2. The Morgan fingerprint density at radius 2 is 2.07 bits per heavy atom. The number of hydrogen-bond acceptors (Lipinski definition) is 5. The van der Waals surface area contributed by atoms with Crippen LogP contribution in [0.3, 0.4) is 0 Å². The zero-order valence-corrected chi connectivity index (χ0v) is 16.9. The number of nitrogens with one attached hydrogen (secondary N) is 2. The molecule has 8 heteroatoms. The van der Waals surface area contributed by atoms with Crippen LogP contribution in [0.2, 0.25) is 0 Å². The minimum absolute atomic E-state index is 0.212. The molecule has 0 aliphatic carbocycles. The zero-order chi connectivity index (χ0) is 21.7. The maximum Gasteiger partial charge on any atom is 0.253 e. The molecule has 2 heterocycles. The summed E-state index contributed by atoms with van der Waals surface area (Å²) in [5.74, 6) is -0.491. The van der Waals surface area contributed by atoms with E-state index in [1.165, 1.54) is 6.20 Å². The van der Waals surface area contributed by atoms with Gasteiger partial charge in [0.25, 0.3) is 5.91 Å². The van der Waals surface area contributed by atoms with E-state index < -0.39 is 0 Å². The van der Waals surface area contributed by atoms with Crippen LogP contribution in [-0.4, -0.2) is 33.0 Å². The number of rotatable bonds is 7. The van der Waals surface area contributed by atoms with Gasteiger partial charge in [0.05, 0.1) is 17.4 Å². The maximum atomic E-state index is 12.6. The fourth-order valence-electron chi connectivity index (χ4n) is 3.25. The molecular formula is C22H22N6O2. The summed E-state index contributed by atoms with van der Waals surface area (Å²) >= 11 is 0. The monoisotopic (exact) mass is 402 g/mol. The van der Waals surface area contributed by atoms with Gasteiger partial charge in [-0.3, -0.25) is 9.59 Å². The predicted molar refractivity (Wildman–Crippen MR) is 113 cm³/mol. The van der Waals surface area contributed by atoms with Crippen LogP contribution in [0.25, 0.3) is 5.65 Å². The summed E-state index contributed by atoms with van der Waals surface area (Å²) in [6, 6.07) is 8.93. The van der Waals surface area contributed by atoms with E-state index in [0.717, 1.165) is 17.0 Å². The number of amides is 2. The number of benzene rings is 1. The van der Waals surface area contributed by atoms with E-state index >= 15 is 0 Å². The Morgan fingerprint density at radius 3 is 2.80 bits per heavy atom. The van der Waals surface area contributed by atoms with E-state index in [9.17, 15) is 14.9 Å². The van der Waals surface area contributed by atoms with Crippen LogP contribution in [0.1, 0.15) is 39.3 Å². The smallest absolute Gasteiger partial charge is 0.253 e. The summed E-state index contributed by atoms with van der Waals surface area (Å²) in [4.78, 5) is 29.3. The molecule has 3 aromatic rings. The first-order valence-electron chi connectivity index (χ1n) is 9.48. The molecule has 0 saturated carbocycles. The number of nitrogens with zero attached hydrogens (tertiary/aromatic N) is 4. The van der Waals surface area contributed by atoms with Gasteiger partial charge in [0.2, 0.25) is 5.91 Å². The summed E-state index contributed by atoms with van der Waals surface area (Å²) in [5.41, 5.74) is 4.28. The topological polar surface area (TPSA) is 112 Å². The molecule has 30 heavy (non-hydrogen) atoms. The Hall–Kier alpha value is -3.99. The van der Waals surface area contributed by atoms with Crippen molar-refractivity contribution in [2.75, 3.05) is 11.9 Å². The molecule has 0 fully saturated rings. The van der Waals surface area contributed by atoms with Crippen molar-refractivity contribution in [3.05, 3.63) is 71.2 Å². The zero-order valence-electron chi connectivity index (χ0n) is 16.9. The van der Waals surface area contributed by atoms with Crippen LogP contribution < -0.4 is 10.6 Å². The SMILES string of the molecule is C=CCNC(=O)c1ccccc1NC(=O)CCc1c(C)nc2c(C#N)cnn2c1C. The first kappa shape index (κ1) is 20.7. The molecule has 2 amide bonds. The Balaban J connectivity index is 1.74. The molecule has 2 N–H and O–H groups in total. The van der Waals surface area contributed by atoms with Gasteiger partial charge in [0, 0.05) is 24.4 Å². The third kappa shape index (κ3) is 4.20. The molecule has 1 aromatic carbocycles. The molecule has 2 aromatic heterocycles. The molecule has 152 valence electrons. The molecule has 0 atom stereocenters. The summed E-state index contributed by atoms with van der Waals surface area (Å²) in [5, 5.41) is 18.9. The van der Waals surface area contributed by atoms with Crippen molar-refractivity contribution in [2.24, 2.45) is 0 Å². The van der Waals surface area contributed by atoms with Crippen LogP contribution in [-0.2, 0) is 11.2 Å². The van der Waals surface area contributed by atoms with Gasteiger partial charge in [-0.15, -0.1) is 6.58 Å². The van der Waals surface area contributed by atoms with E-state index in [2.05, 4.69) is 33.4 Å². The minimum Gasteiger partial charge on any atom is -0.349 e. The standard InChI is InChI=1S/C22H22N6O2/c1-4-11-24-22(30)18-7-5-6-8-19(18)27-20(29)10-9-17-14(2)26-21-16(12-23)13-25-28(21)15(17)3/h4-8,13H,1,9-11H2,2-3H3,(H,24,30)(H,27,29). The van der Waals surface area contributed by atoms with Crippen LogP contribution in [0.15, 0.2) is 43.1 Å². The van der Waals surface area contributed by atoms with Crippen molar-refractivity contribution in [1.29, 1.82) is 5.26 Å². The van der Waals surface area contributed by atoms with Crippen molar-refractivity contribution in [3.63, 3.8) is 0 Å². The lowest BCUT2D eigenvalue weighted by molar-refractivity contribution is -0.116. The number of fused-ring (bicyclic) bond motifs is 1. The van der Waals surface area contributed by atoms with Gasteiger partial charge in [-0.25, -0.2) is 9.50 Å². The first-order chi connectivity index (χ1) is 14.5. The first-order valence-corrected chi connectivity index (χ1v) is 9.48. The Labute approximate surface area is 174 Å². The Kier molecular flexibility index (Phi) is 6.23. The second-order valence-corrected chi connectivity index (χ2v) is 6.76. The van der Waals surface area contributed by atoms with Crippen molar-refractivity contribution < 1.29 is 9.59 Å². The van der Waals surface area contributed by atoms with E-state index in [1.807, 2.05) is 13.8 Å². The number of nitriles is 1. The third-order valence-electron chi connectivity index (χ3n) is 4.78. The lowest BCUT2D eigenvalue weighted by Gasteiger charge is -2.13. The normalized spacial score (nSPS) is 10.4. The van der Waals surface area contributed by atoms with Crippen molar-refractivity contribution in [3.8, 4) is 6.07 Å². The molecule has 8 nitrogen and oxygen atoms in total. The van der Waals surface area contributed by atoms with Gasteiger partial charge in [0.1, 0.15) is 11.6 Å². The Bertz CT molecular complexity index is 1170. The van der Waals surface area contributed by atoms with Gasteiger partial charge in [-0.05, 0) is 38.0 Å². The average molecular weight is 402 g/mol. The van der Waals surface area contributed by atoms with Crippen LogP contribution in [0.5, 0.6) is 0 Å². The highest BCUT2D eigenvalue weighted by molar-refractivity contribution is 6.03. The number of aromatic nitrogens is 3. The Morgan fingerprint density at radius 1 is 1.30 bits per heavy atom. The number of hydrogen-bond donors (Lipinski definition) is 2. The molecule has 3 rings (SSSR count). The summed E-state index contributed by atoms with van der Waals surface area (Å²) in [6.07, 6.45) is 3.75.